The predicted octanol–water partition coefficient (Wildman–Crippen LogP) is 6.00. The summed E-state index contributed by atoms with van der Waals surface area (Å²) in [6.07, 6.45) is -3.71. The van der Waals surface area contributed by atoms with Gasteiger partial charge < -0.3 is 19.9 Å². The van der Waals surface area contributed by atoms with Crippen LogP contribution in [0.4, 0.5) is 27.6 Å². The number of carbonyl (C=O) groups excluding carboxylic acids is 2. The second-order valence-electron chi connectivity index (χ2n) is 11.9. The Balaban J connectivity index is 1.43. The summed E-state index contributed by atoms with van der Waals surface area (Å²) in [5, 5.41) is 16.5. The van der Waals surface area contributed by atoms with Crippen molar-refractivity contribution in [1.29, 1.82) is 0 Å². The summed E-state index contributed by atoms with van der Waals surface area (Å²) in [6.45, 7) is 6.05. The molecule has 0 aliphatic carbocycles. The lowest BCUT2D eigenvalue weighted by Gasteiger charge is -2.49. The van der Waals surface area contributed by atoms with E-state index < -0.39 is 58.7 Å². The Hall–Kier alpha value is -4.38. The van der Waals surface area contributed by atoms with Gasteiger partial charge >= 0.3 is 6.18 Å². The lowest BCUT2D eigenvalue weighted by molar-refractivity contribution is -0.164. The standard InChI is InChI=1S/C34H36ClF5N6O5/c1-4-33(5-2)30(47)27(31(48)43-23-8-7-21(35)16-22(23)24-17-26(34(38,39)40)42-19-41-24)32(49)46(44(33)3)18-20-6-9-25(29(37)28(20)36)51-15-12-45-10-13-50-14-11-45/h6-9,16-17,19,47H,4-5,10-15,18H2,1-3H3,(H,43,48). The number of amides is 2. The molecular formula is C34H36ClF5N6O5. The topological polar surface area (TPSA) is 120 Å². The molecule has 3 heterocycles. The minimum Gasteiger partial charge on any atom is -0.509 e. The number of hydrogen-bond acceptors (Lipinski definition) is 9. The van der Waals surface area contributed by atoms with Crippen molar-refractivity contribution in [3.8, 4) is 17.0 Å². The Morgan fingerprint density at radius 3 is 2.45 bits per heavy atom. The maximum Gasteiger partial charge on any atom is 0.433 e. The van der Waals surface area contributed by atoms with Crippen LogP contribution in [-0.4, -0.2) is 93.8 Å². The maximum atomic E-state index is 15.5. The molecule has 0 atom stereocenters. The lowest BCUT2D eigenvalue weighted by atomic mass is 9.84. The molecule has 3 aromatic rings. The molecule has 2 N–H and O–H groups in total. The van der Waals surface area contributed by atoms with Gasteiger partial charge in [-0.25, -0.2) is 19.4 Å². The van der Waals surface area contributed by atoms with Crippen molar-refractivity contribution < 1.29 is 46.1 Å². The van der Waals surface area contributed by atoms with Crippen LogP contribution in [0.1, 0.15) is 37.9 Å². The van der Waals surface area contributed by atoms with Crippen LogP contribution in [0.2, 0.25) is 5.02 Å². The highest BCUT2D eigenvalue weighted by Crippen LogP contribution is 2.40. The molecule has 2 aliphatic heterocycles. The summed E-state index contributed by atoms with van der Waals surface area (Å²) in [6, 6.07) is 7.14. The van der Waals surface area contributed by atoms with E-state index in [1.165, 1.54) is 42.4 Å². The zero-order valence-corrected chi connectivity index (χ0v) is 28.7. The molecular weight excluding hydrogens is 703 g/mol. The third-order valence-corrected chi connectivity index (χ3v) is 9.42. The van der Waals surface area contributed by atoms with E-state index in [1.54, 1.807) is 13.8 Å². The van der Waals surface area contributed by atoms with Crippen molar-refractivity contribution >= 4 is 29.1 Å². The Morgan fingerprint density at radius 1 is 1.08 bits per heavy atom. The largest absolute Gasteiger partial charge is 0.509 e. The first-order valence-corrected chi connectivity index (χ1v) is 16.5. The first-order chi connectivity index (χ1) is 24.2. The number of ether oxygens (including phenoxy) is 2. The van der Waals surface area contributed by atoms with Crippen LogP contribution in [-0.2, 0) is 27.0 Å². The highest BCUT2D eigenvalue weighted by atomic mass is 35.5. The average molecular weight is 739 g/mol. The normalized spacial score (nSPS) is 17.2. The first-order valence-electron chi connectivity index (χ1n) is 16.1. The second kappa shape index (κ2) is 15.5. The fourth-order valence-electron chi connectivity index (χ4n) is 6.17. The Kier molecular flexibility index (Phi) is 11.5. The predicted molar refractivity (Wildman–Crippen MR) is 177 cm³/mol. The molecule has 0 spiro atoms. The Bertz CT molecular complexity index is 1820. The number of nitrogens with one attached hydrogen (secondary N) is 1. The van der Waals surface area contributed by atoms with Crippen LogP contribution < -0.4 is 10.1 Å². The highest BCUT2D eigenvalue weighted by Gasteiger charge is 2.50. The molecule has 17 heteroatoms. The molecule has 2 aliphatic rings. The lowest BCUT2D eigenvalue weighted by Crippen LogP contribution is -2.62. The summed E-state index contributed by atoms with van der Waals surface area (Å²) >= 11 is 6.14. The van der Waals surface area contributed by atoms with Crippen molar-refractivity contribution in [2.24, 2.45) is 0 Å². The Morgan fingerprint density at radius 2 is 1.78 bits per heavy atom. The van der Waals surface area contributed by atoms with E-state index in [0.29, 0.717) is 45.2 Å². The summed E-state index contributed by atoms with van der Waals surface area (Å²) in [4.78, 5) is 37.1. The van der Waals surface area contributed by atoms with Gasteiger partial charge in [0.05, 0.1) is 36.7 Å². The van der Waals surface area contributed by atoms with Gasteiger partial charge in [0.2, 0.25) is 5.82 Å². The molecule has 0 saturated carbocycles. The number of hydrazine groups is 1. The van der Waals surface area contributed by atoms with Crippen LogP contribution >= 0.6 is 11.6 Å². The summed E-state index contributed by atoms with van der Waals surface area (Å²) in [5.41, 5.74) is -3.81. The SMILES string of the molecule is CCC1(CC)C(O)=C(C(=O)Nc2ccc(Cl)cc2-c2cc(C(F)(F)F)ncn2)C(=O)N(Cc2ccc(OCCN3CCOCC3)c(F)c2F)N1C. The number of nitrogens with zero attached hydrogens (tertiary/aromatic N) is 5. The van der Waals surface area contributed by atoms with Crippen molar-refractivity contribution in [3.05, 3.63) is 82.0 Å². The first kappa shape index (κ1) is 37.9. The molecule has 0 radical (unpaired) electrons. The molecule has 51 heavy (non-hydrogen) atoms. The van der Waals surface area contributed by atoms with E-state index in [1.807, 2.05) is 0 Å². The number of rotatable bonds is 11. The van der Waals surface area contributed by atoms with E-state index >= 15 is 8.78 Å². The number of morpholine rings is 1. The summed E-state index contributed by atoms with van der Waals surface area (Å²) in [5.74, 6) is -5.51. The average Bonchev–Trinajstić information content (AvgIpc) is 3.11. The number of likely N-dealkylation sites (N-methyl/N-ethyl adjacent to an activating group) is 1. The minimum atomic E-state index is -4.79. The van der Waals surface area contributed by atoms with Crippen LogP contribution in [0.15, 0.2) is 54.1 Å². The van der Waals surface area contributed by atoms with Gasteiger partial charge in [-0.3, -0.25) is 19.5 Å². The summed E-state index contributed by atoms with van der Waals surface area (Å²) in [7, 11) is 1.48. The van der Waals surface area contributed by atoms with Gasteiger partial charge in [-0.15, -0.1) is 0 Å². The third kappa shape index (κ3) is 7.78. The van der Waals surface area contributed by atoms with E-state index in [4.69, 9.17) is 21.1 Å². The molecule has 1 saturated heterocycles. The number of carbonyl (C=O) groups is 2. The molecule has 5 rings (SSSR count). The van der Waals surface area contributed by atoms with Crippen LogP contribution in [0, 0.1) is 11.6 Å². The number of hydrogen-bond donors (Lipinski definition) is 2. The number of halogens is 6. The van der Waals surface area contributed by atoms with Gasteiger partial charge in [0.1, 0.15) is 30.0 Å². The van der Waals surface area contributed by atoms with Gasteiger partial charge in [-0.1, -0.05) is 31.5 Å². The molecule has 274 valence electrons. The van der Waals surface area contributed by atoms with Crippen molar-refractivity contribution in [3.63, 3.8) is 0 Å². The highest BCUT2D eigenvalue weighted by molar-refractivity contribution is 6.31. The van der Waals surface area contributed by atoms with E-state index in [-0.39, 0.29) is 52.7 Å². The van der Waals surface area contributed by atoms with Crippen LogP contribution in [0.3, 0.4) is 0 Å². The van der Waals surface area contributed by atoms with Gasteiger partial charge in [0.25, 0.3) is 11.8 Å². The molecule has 2 amide bonds. The molecule has 0 unspecified atom stereocenters. The number of aliphatic hydroxyl groups excluding tert-OH is 1. The number of benzene rings is 2. The quantitative estimate of drug-likeness (QED) is 0.180. The zero-order valence-electron chi connectivity index (χ0n) is 28.0. The number of aromatic nitrogens is 2. The van der Waals surface area contributed by atoms with E-state index in [0.717, 1.165) is 5.01 Å². The van der Waals surface area contributed by atoms with Gasteiger partial charge in [0, 0.05) is 42.8 Å². The number of aliphatic hydroxyl groups is 1. The number of alkyl halides is 3. The van der Waals surface area contributed by atoms with Crippen LogP contribution in [0.5, 0.6) is 5.75 Å². The van der Waals surface area contributed by atoms with Gasteiger partial charge in [-0.05, 0) is 43.2 Å². The maximum absolute atomic E-state index is 15.5. The molecule has 1 aromatic heterocycles. The van der Waals surface area contributed by atoms with Crippen molar-refractivity contribution in [2.45, 2.75) is 44.9 Å². The fourth-order valence-corrected chi connectivity index (χ4v) is 6.34. The van der Waals surface area contributed by atoms with Crippen molar-refractivity contribution in [2.75, 3.05) is 51.8 Å². The van der Waals surface area contributed by atoms with Gasteiger partial charge in [-0.2, -0.15) is 17.6 Å². The zero-order chi connectivity index (χ0) is 37.1. The van der Waals surface area contributed by atoms with Crippen molar-refractivity contribution in [1.82, 2.24) is 24.9 Å². The molecule has 1 fully saturated rings. The minimum absolute atomic E-state index is 0.0249. The number of anilines is 1. The summed E-state index contributed by atoms with van der Waals surface area (Å²) < 4.78 is 81.8. The monoisotopic (exact) mass is 738 g/mol. The third-order valence-electron chi connectivity index (χ3n) is 9.18. The molecule has 11 nitrogen and oxygen atoms in total. The van der Waals surface area contributed by atoms with E-state index in [2.05, 4.69) is 20.2 Å². The molecule has 2 aromatic carbocycles. The smallest absolute Gasteiger partial charge is 0.433 e. The second-order valence-corrected chi connectivity index (χ2v) is 12.4. The molecule has 0 bridgehead atoms. The van der Waals surface area contributed by atoms with Crippen LogP contribution in [0.25, 0.3) is 11.3 Å². The fraction of sp³-hybridized carbons (Fsp3) is 0.412. The Labute approximate surface area is 295 Å². The van der Waals surface area contributed by atoms with Gasteiger partial charge in [0.15, 0.2) is 11.6 Å². The van der Waals surface area contributed by atoms with E-state index in [9.17, 15) is 27.9 Å².